The maximum atomic E-state index is 15.5. The zero-order valence-electron chi connectivity index (χ0n) is 30.8. The molecule has 5 heterocycles. The van der Waals surface area contributed by atoms with Crippen LogP contribution in [0.4, 0.5) is 14.5 Å². The van der Waals surface area contributed by atoms with Gasteiger partial charge in [-0.25, -0.2) is 31.4 Å². The molecule has 0 bridgehead atoms. The second-order valence-corrected chi connectivity index (χ2v) is 15.2. The number of pyridine rings is 3. The van der Waals surface area contributed by atoms with Gasteiger partial charge in [-0.3, -0.25) is 33.8 Å². The first kappa shape index (κ1) is 39.6. The molecule has 0 spiro atoms. The molecule has 7 rings (SSSR count). The quantitative estimate of drug-likeness (QED) is 0.170. The molecule has 1 saturated heterocycles. The first-order chi connectivity index (χ1) is 27.9. The summed E-state index contributed by atoms with van der Waals surface area (Å²) in [5.41, 5.74) is -0.553. The fourth-order valence-corrected chi connectivity index (χ4v) is 7.46. The Hall–Kier alpha value is -6.66. The number of hydrogen-bond donors (Lipinski definition) is 2. The summed E-state index contributed by atoms with van der Waals surface area (Å²) in [5.74, 6) is -4.97. The molecule has 15 nitrogen and oxygen atoms in total. The van der Waals surface area contributed by atoms with E-state index in [0.29, 0.717) is 60.5 Å². The van der Waals surface area contributed by atoms with Crippen LogP contribution in [-0.2, 0) is 37.8 Å². The van der Waals surface area contributed by atoms with Crippen LogP contribution >= 0.6 is 0 Å². The maximum Gasteiger partial charge on any atom is 0.335 e. The van der Waals surface area contributed by atoms with Gasteiger partial charge in [0.05, 0.1) is 40.8 Å². The van der Waals surface area contributed by atoms with Crippen molar-refractivity contribution in [2.75, 3.05) is 24.5 Å². The van der Waals surface area contributed by atoms with E-state index in [1.54, 1.807) is 24.5 Å². The molecule has 0 aliphatic carbocycles. The predicted molar refractivity (Wildman–Crippen MR) is 207 cm³/mol. The van der Waals surface area contributed by atoms with Crippen molar-refractivity contribution in [1.29, 1.82) is 0 Å². The van der Waals surface area contributed by atoms with Gasteiger partial charge in [0.25, 0.3) is 21.5 Å². The van der Waals surface area contributed by atoms with E-state index in [2.05, 4.69) is 25.0 Å². The third kappa shape index (κ3) is 8.52. The van der Waals surface area contributed by atoms with Gasteiger partial charge in [-0.1, -0.05) is 12.1 Å². The number of anilines is 1. The summed E-state index contributed by atoms with van der Waals surface area (Å²) in [7, 11) is -2.86. The van der Waals surface area contributed by atoms with Crippen molar-refractivity contribution in [2.45, 2.75) is 30.2 Å². The van der Waals surface area contributed by atoms with E-state index in [0.717, 1.165) is 10.8 Å². The van der Waals surface area contributed by atoms with Crippen LogP contribution in [0.15, 0.2) is 112 Å². The third-order valence-corrected chi connectivity index (χ3v) is 11.0. The Morgan fingerprint density at radius 1 is 0.931 bits per heavy atom. The Balaban J connectivity index is 1.10. The van der Waals surface area contributed by atoms with Gasteiger partial charge in [-0.2, -0.15) is 0 Å². The molecular weight excluding hydrogens is 777 g/mol. The van der Waals surface area contributed by atoms with Gasteiger partial charge in [-0.15, -0.1) is 0 Å². The Labute approximate surface area is 329 Å². The van der Waals surface area contributed by atoms with E-state index < -0.39 is 62.1 Å². The van der Waals surface area contributed by atoms with E-state index in [9.17, 15) is 27.6 Å². The summed E-state index contributed by atoms with van der Waals surface area (Å²) in [6.45, 7) is 1.02. The highest BCUT2D eigenvalue weighted by Crippen LogP contribution is 2.24. The van der Waals surface area contributed by atoms with Crippen LogP contribution in [0.3, 0.4) is 0 Å². The molecule has 1 aliphatic heterocycles. The van der Waals surface area contributed by atoms with E-state index in [4.69, 9.17) is 9.47 Å². The van der Waals surface area contributed by atoms with Crippen LogP contribution in [0.1, 0.15) is 28.8 Å². The van der Waals surface area contributed by atoms with Crippen molar-refractivity contribution >= 4 is 38.5 Å². The van der Waals surface area contributed by atoms with Crippen LogP contribution in [0.25, 0.3) is 27.8 Å². The molecule has 2 aromatic carbocycles. The normalized spacial score (nSPS) is 13.8. The molecule has 1 atom stereocenters. The third-order valence-electron chi connectivity index (χ3n) is 9.64. The standard InChI is InChI=1S/C40H35F2N7O8S/c1-48-35-22-44-15-10-30(35)38(51)49(40(48)53)28-4-2-24(3-5-28)18-34(39(52)57-23-25-11-16-56-17-12-25)46-37(50)36-31(41)19-27(20-32(36)42)47-58(54,55)29-6-7-33(45-21-29)26-8-13-43-14-9-26/h2-10,13-15,19-22,25,34,47H,11-12,16-18,23H2,1H3,(H,46,50)/t34-/m0/s1. The number of halogens is 2. The molecule has 1 fully saturated rings. The number of carbonyl (C=O) groups is 2. The van der Waals surface area contributed by atoms with E-state index in [-0.39, 0.29) is 34.9 Å². The van der Waals surface area contributed by atoms with E-state index in [1.807, 2.05) is 0 Å². The smallest absolute Gasteiger partial charge is 0.335 e. The Bertz CT molecular complexity index is 2700. The number of esters is 1. The van der Waals surface area contributed by atoms with Crippen LogP contribution in [0, 0.1) is 17.6 Å². The number of benzene rings is 2. The fourth-order valence-electron chi connectivity index (χ4n) is 6.47. The van der Waals surface area contributed by atoms with Gasteiger partial charge < -0.3 is 14.8 Å². The van der Waals surface area contributed by atoms with Gasteiger partial charge in [0.15, 0.2) is 0 Å². The van der Waals surface area contributed by atoms with Crippen LogP contribution in [0.2, 0.25) is 0 Å². The number of sulfonamides is 1. The Kier molecular flexibility index (Phi) is 11.5. The predicted octanol–water partition coefficient (Wildman–Crippen LogP) is 3.93. The molecule has 6 aromatic rings. The second-order valence-electron chi connectivity index (χ2n) is 13.5. The zero-order valence-corrected chi connectivity index (χ0v) is 31.6. The lowest BCUT2D eigenvalue weighted by atomic mass is 10.0. The van der Waals surface area contributed by atoms with E-state index >= 15 is 8.78 Å². The highest BCUT2D eigenvalue weighted by Gasteiger charge is 2.29. The maximum absolute atomic E-state index is 15.5. The summed E-state index contributed by atoms with van der Waals surface area (Å²) in [4.78, 5) is 65.2. The first-order valence-corrected chi connectivity index (χ1v) is 19.5. The largest absolute Gasteiger partial charge is 0.464 e. The van der Waals surface area contributed by atoms with Crippen molar-refractivity contribution in [3.8, 4) is 16.9 Å². The minimum atomic E-state index is -4.36. The van der Waals surface area contributed by atoms with Crippen molar-refractivity contribution in [2.24, 2.45) is 13.0 Å². The molecular formula is C40H35F2N7O8S. The molecule has 1 aliphatic rings. The number of fused-ring (bicyclic) bond motifs is 1. The minimum absolute atomic E-state index is 0.00772. The molecule has 58 heavy (non-hydrogen) atoms. The van der Waals surface area contributed by atoms with E-state index in [1.165, 1.54) is 66.5 Å². The lowest BCUT2D eigenvalue weighted by Crippen LogP contribution is -2.44. The number of rotatable bonds is 12. The zero-order chi connectivity index (χ0) is 41.0. The SMILES string of the molecule is Cn1c(=O)n(-c2ccc(C[C@H](NC(=O)c3c(F)cc(NS(=O)(=O)c4ccc(-c5ccncc5)nc4)cc3F)C(=O)OCC3CCOCC3)cc2)c(=O)c2ccncc21. The van der Waals surface area contributed by atoms with Gasteiger partial charge in [0.1, 0.15) is 28.1 Å². The lowest BCUT2D eigenvalue weighted by molar-refractivity contribution is -0.148. The van der Waals surface area contributed by atoms with Crippen LogP contribution < -0.4 is 21.3 Å². The van der Waals surface area contributed by atoms with Crippen molar-refractivity contribution in [3.05, 3.63) is 141 Å². The number of ether oxygens (including phenoxy) is 2. The molecule has 1 amide bonds. The van der Waals surface area contributed by atoms with Crippen LogP contribution in [-0.4, -0.2) is 70.2 Å². The monoisotopic (exact) mass is 811 g/mol. The number of aryl methyl sites for hydroxylation is 1. The average molecular weight is 812 g/mol. The van der Waals surface area contributed by atoms with Gasteiger partial charge in [-0.05, 0) is 78.9 Å². The van der Waals surface area contributed by atoms with Crippen molar-refractivity contribution < 1.29 is 36.3 Å². The fraction of sp³-hybridized carbons (Fsp3) is 0.225. The lowest BCUT2D eigenvalue weighted by Gasteiger charge is -2.24. The minimum Gasteiger partial charge on any atom is -0.464 e. The highest BCUT2D eigenvalue weighted by molar-refractivity contribution is 7.92. The number of amides is 1. The Morgan fingerprint density at radius 3 is 2.29 bits per heavy atom. The average Bonchev–Trinajstić information content (AvgIpc) is 3.22. The summed E-state index contributed by atoms with van der Waals surface area (Å²) < 4.78 is 72.5. The number of nitrogens with one attached hydrogen (secondary N) is 2. The summed E-state index contributed by atoms with van der Waals surface area (Å²) in [5, 5.41) is 2.64. The highest BCUT2D eigenvalue weighted by atomic mass is 32.2. The number of aromatic nitrogens is 5. The van der Waals surface area contributed by atoms with Gasteiger partial charge in [0.2, 0.25) is 0 Å². The molecule has 298 valence electrons. The molecule has 4 aromatic heterocycles. The topological polar surface area (TPSA) is 193 Å². The summed E-state index contributed by atoms with van der Waals surface area (Å²) in [6.07, 6.45) is 8.14. The molecule has 18 heteroatoms. The molecule has 0 saturated carbocycles. The van der Waals surface area contributed by atoms with Crippen molar-refractivity contribution in [3.63, 3.8) is 0 Å². The second kappa shape index (κ2) is 16.8. The molecule has 2 N–H and O–H groups in total. The van der Waals surface area contributed by atoms with Crippen LogP contribution in [0.5, 0.6) is 0 Å². The number of carbonyl (C=O) groups excluding carboxylic acids is 2. The molecule has 0 unspecified atom stereocenters. The van der Waals surface area contributed by atoms with Crippen molar-refractivity contribution in [1.82, 2.24) is 29.4 Å². The first-order valence-electron chi connectivity index (χ1n) is 18.0. The Morgan fingerprint density at radius 2 is 1.62 bits per heavy atom. The van der Waals surface area contributed by atoms with Gasteiger partial charge >= 0.3 is 11.7 Å². The van der Waals surface area contributed by atoms with Gasteiger partial charge in [0, 0.05) is 57.0 Å². The summed E-state index contributed by atoms with van der Waals surface area (Å²) in [6, 6.07) is 13.5. The number of nitrogens with zero attached hydrogens (tertiary/aromatic N) is 5. The summed E-state index contributed by atoms with van der Waals surface area (Å²) >= 11 is 0. The number of hydrogen-bond acceptors (Lipinski definition) is 11. The molecule has 0 radical (unpaired) electrons.